The first-order valence-electron chi connectivity index (χ1n) is 23.3. The van der Waals surface area contributed by atoms with Crippen molar-refractivity contribution in [1.82, 2.24) is 5.32 Å². The maximum Gasteiger partial charge on any atom is 0.306 e. The van der Waals surface area contributed by atoms with E-state index in [0.717, 1.165) is 103 Å². The molecule has 6 nitrogen and oxygen atoms in total. The number of amides is 1. The molecule has 57 heavy (non-hydrogen) atoms. The molecule has 0 rings (SSSR count). The highest BCUT2D eigenvalue weighted by molar-refractivity contribution is 5.77. The van der Waals surface area contributed by atoms with Gasteiger partial charge < -0.3 is 20.3 Å². The molecular formula is C51H87NO5. The molecular weight excluding hydrogens is 707 g/mol. The molecule has 6 heteroatoms. The van der Waals surface area contributed by atoms with Gasteiger partial charge in [0, 0.05) is 6.42 Å². The van der Waals surface area contributed by atoms with Crippen molar-refractivity contribution in [3.63, 3.8) is 0 Å². The van der Waals surface area contributed by atoms with Crippen LogP contribution in [0.15, 0.2) is 85.1 Å². The van der Waals surface area contributed by atoms with Gasteiger partial charge in [-0.05, 0) is 83.5 Å². The zero-order chi connectivity index (χ0) is 41.7. The van der Waals surface area contributed by atoms with Crippen molar-refractivity contribution in [1.29, 1.82) is 0 Å². The molecule has 0 aromatic carbocycles. The number of hydrogen-bond donors (Lipinski definition) is 3. The summed E-state index contributed by atoms with van der Waals surface area (Å²) in [6, 6.07) is -0.722. The van der Waals surface area contributed by atoms with Crippen molar-refractivity contribution in [2.75, 3.05) is 6.61 Å². The summed E-state index contributed by atoms with van der Waals surface area (Å²) in [7, 11) is 0. The second kappa shape index (κ2) is 44.1. The summed E-state index contributed by atoms with van der Waals surface area (Å²) in [4.78, 5) is 26.0. The molecule has 0 fully saturated rings. The minimum Gasteiger partial charge on any atom is -0.462 e. The number of aliphatic hydroxyl groups is 2. The third-order valence-corrected chi connectivity index (χ3v) is 10.0. The lowest BCUT2D eigenvalue weighted by atomic mass is 10.0. The third-order valence-electron chi connectivity index (χ3n) is 10.0. The molecule has 0 bridgehead atoms. The summed E-state index contributed by atoms with van der Waals surface area (Å²) in [5, 5.41) is 23.6. The second-order valence-electron chi connectivity index (χ2n) is 15.5. The maximum absolute atomic E-state index is 13.1. The molecule has 0 spiro atoms. The smallest absolute Gasteiger partial charge is 0.306 e. The van der Waals surface area contributed by atoms with Crippen LogP contribution < -0.4 is 5.32 Å². The largest absolute Gasteiger partial charge is 0.462 e. The number of ether oxygens (including phenoxy) is 1. The Hall–Kier alpha value is -2.96. The number of esters is 1. The van der Waals surface area contributed by atoms with E-state index in [1.54, 1.807) is 0 Å². The quantitative estimate of drug-likeness (QED) is 0.0248. The van der Waals surface area contributed by atoms with Crippen LogP contribution in [-0.4, -0.2) is 46.9 Å². The molecule has 0 aromatic heterocycles. The molecule has 0 aliphatic heterocycles. The topological polar surface area (TPSA) is 95.9 Å². The van der Waals surface area contributed by atoms with Crippen LogP contribution in [-0.2, 0) is 14.3 Å². The van der Waals surface area contributed by atoms with Crippen molar-refractivity contribution < 1.29 is 24.5 Å². The summed E-state index contributed by atoms with van der Waals surface area (Å²) >= 11 is 0. The molecule has 0 aliphatic rings. The number of carbonyl (C=O) groups is 2. The zero-order valence-electron chi connectivity index (χ0n) is 36.9. The lowest BCUT2D eigenvalue weighted by Crippen LogP contribution is -2.46. The Balaban J connectivity index is 4.68. The molecule has 3 unspecified atom stereocenters. The minimum absolute atomic E-state index is 0.0369. The maximum atomic E-state index is 13.1. The van der Waals surface area contributed by atoms with Crippen LogP contribution in [0.5, 0.6) is 0 Å². The van der Waals surface area contributed by atoms with Crippen molar-refractivity contribution in [3.8, 4) is 0 Å². The molecule has 0 aromatic rings. The van der Waals surface area contributed by atoms with Gasteiger partial charge in [-0.15, -0.1) is 0 Å². The number of carbonyl (C=O) groups excluding carboxylic acids is 2. The number of allylic oxidation sites excluding steroid dienone is 14. The van der Waals surface area contributed by atoms with Gasteiger partial charge in [-0.25, -0.2) is 0 Å². The molecule has 0 aliphatic carbocycles. The molecule has 0 radical (unpaired) electrons. The fraction of sp³-hybridized carbons (Fsp3) is 0.686. The number of aliphatic hydroxyl groups excluding tert-OH is 2. The van der Waals surface area contributed by atoms with E-state index in [9.17, 15) is 19.8 Å². The first kappa shape index (κ1) is 54.0. The Morgan fingerprint density at radius 1 is 0.544 bits per heavy atom. The van der Waals surface area contributed by atoms with E-state index < -0.39 is 18.2 Å². The lowest BCUT2D eigenvalue weighted by Gasteiger charge is -2.24. The molecule has 0 saturated carbocycles. The molecule has 326 valence electrons. The van der Waals surface area contributed by atoms with Crippen molar-refractivity contribution >= 4 is 11.9 Å². The highest BCUT2D eigenvalue weighted by Crippen LogP contribution is 2.16. The summed E-state index contributed by atoms with van der Waals surface area (Å²) in [5.41, 5.74) is 0. The average Bonchev–Trinajstić information content (AvgIpc) is 3.20. The summed E-state index contributed by atoms with van der Waals surface area (Å²) in [6.45, 7) is 6.19. The lowest BCUT2D eigenvalue weighted by molar-refractivity contribution is -0.151. The van der Waals surface area contributed by atoms with E-state index in [0.29, 0.717) is 19.3 Å². The van der Waals surface area contributed by atoms with Gasteiger partial charge in [-0.3, -0.25) is 9.59 Å². The van der Waals surface area contributed by atoms with Crippen LogP contribution in [0.1, 0.15) is 201 Å². The highest BCUT2D eigenvalue weighted by atomic mass is 16.5. The van der Waals surface area contributed by atoms with Crippen LogP contribution in [0.2, 0.25) is 0 Å². The normalized spacial score (nSPS) is 14.1. The molecule has 3 atom stereocenters. The standard InChI is InChI=1S/C51H87NO5/c1-4-7-10-13-16-19-22-23-24-25-26-29-32-35-38-41-44-51(56)57-47(42-39-36-33-30-27-20-17-14-11-8-5-2)45-50(55)52-48(46-53)49(54)43-40-37-34-31-28-21-18-15-12-9-6-3/h7-8,10-11,14,16-17,19-20,23-24,26-27,29,47-49,53-54H,4-6,9,12-13,15,18,21-22,25,28,30-46H2,1-3H3,(H,52,55)/b10-7+,11-8+,17-14+,19-16+,24-23+,27-20-,29-26+. The Kier molecular flexibility index (Phi) is 41.9. The van der Waals surface area contributed by atoms with E-state index >= 15 is 0 Å². The zero-order valence-corrected chi connectivity index (χ0v) is 36.9. The Labute approximate surface area is 351 Å². The fourth-order valence-corrected chi connectivity index (χ4v) is 6.54. The van der Waals surface area contributed by atoms with E-state index in [1.165, 1.54) is 51.4 Å². The third kappa shape index (κ3) is 39.6. The van der Waals surface area contributed by atoms with E-state index in [2.05, 4.69) is 99.0 Å². The monoisotopic (exact) mass is 794 g/mol. The van der Waals surface area contributed by atoms with Gasteiger partial charge in [0.15, 0.2) is 0 Å². The second-order valence-corrected chi connectivity index (χ2v) is 15.5. The molecule has 0 heterocycles. The summed E-state index contributed by atoms with van der Waals surface area (Å²) < 4.78 is 5.87. The van der Waals surface area contributed by atoms with Gasteiger partial charge >= 0.3 is 5.97 Å². The van der Waals surface area contributed by atoms with Gasteiger partial charge in [0.25, 0.3) is 0 Å². The Morgan fingerprint density at radius 3 is 1.63 bits per heavy atom. The predicted octanol–water partition coefficient (Wildman–Crippen LogP) is 13.6. The Morgan fingerprint density at radius 2 is 1.04 bits per heavy atom. The molecule has 3 N–H and O–H groups in total. The van der Waals surface area contributed by atoms with Crippen LogP contribution in [0.4, 0.5) is 0 Å². The molecule has 0 saturated heterocycles. The van der Waals surface area contributed by atoms with Gasteiger partial charge in [-0.1, -0.05) is 189 Å². The van der Waals surface area contributed by atoms with Crippen molar-refractivity contribution in [3.05, 3.63) is 85.1 Å². The molecule has 1 amide bonds. The van der Waals surface area contributed by atoms with Gasteiger partial charge in [0.1, 0.15) is 6.10 Å². The van der Waals surface area contributed by atoms with Crippen LogP contribution in [0.3, 0.4) is 0 Å². The highest BCUT2D eigenvalue weighted by Gasteiger charge is 2.24. The summed E-state index contributed by atoms with van der Waals surface area (Å²) in [6.07, 6.45) is 56.4. The number of nitrogens with one attached hydrogen (secondary N) is 1. The van der Waals surface area contributed by atoms with E-state index in [1.807, 2.05) is 12.2 Å². The first-order chi connectivity index (χ1) is 28.0. The SMILES string of the molecule is CC/C=C/C=C/C=C\CCCCCC(CC(=O)NC(CO)C(O)CCCCCCCCCCCCC)OC(=O)CCCCC/C=C/C/C=C/C/C=C/C/C=C/CC. The number of hydrogen-bond acceptors (Lipinski definition) is 5. The van der Waals surface area contributed by atoms with Crippen molar-refractivity contribution in [2.45, 2.75) is 219 Å². The summed E-state index contributed by atoms with van der Waals surface area (Å²) in [5.74, 6) is -0.555. The van der Waals surface area contributed by atoms with Gasteiger partial charge in [0.2, 0.25) is 5.91 Å². The number of rotatable bonds is 40. The predicted molar refractivity (Wildman–Crippen MR) is 245 cm³/mol. The fourth-order valence-electron chi connectivity index (χ4n) is 6.54. The van der Waals surface area contributed by atoms with Crippen molar-refractivity contribution in [2.24, 2.45) is 0 Å². The first-order valence-corrected chi connectivity index (χ1v) is 23.3. The Bertz CT molecular complexity index is 1120. The van der Waals surface area contributed by atoms with Gasteiger partial charge in [-0.2, -0.15) is 0 Å². The van der Waals surface area contributed by atoms with Gasteiger partial charge in [0.05, 0.1) is 25.2 Å². The van der Waals surface area contributed by atoms with Crippen LogP contribution >= 0.6 is 0 Å². The van der Waals surface area contributed by atoms with E-state index in [-0.39, 0.29) is 24.9 Å². The number of unbranched alkanes of at least 4 members (excludes halogenated alkanes) is 16. The van der Waals surface area contributed by atoms with E-state index in [4.69, 9.17) is 4.74 Å². The minimum atomic E-state index is -0.805. The average molecular weight is 794 g/mol. The van der Waals surface area contributed by atoms with Crippen LogP contribution in [0, 0.1) is 0 Å². The van der Waals surface area contributed by atoms with Crippen LogP contribution in [0.25, 0.3) is 0 Å².